The summed E-state index contributed by atoms with van der Waals surface area (Å²) < 4.78 is 0. The summed E-state index contributed by atoms with van der Waals surface area (Å²) in [6, 6.07) is 7.24. The number of thiophene rings is 1. The van der Waals surface area contributed by atoms with E-state index < -0.39 is 5.91 Å². The zero-order chi connectivity index (χ0) is 11.7. The van der Waals surface area contributed by atoms with Crippen molar-refractivity contribution >= 4 is 22.9 Å². The lowest BCUT2D eigenvalue weighted by atomic mass is 10.0. The van der Waals surface area contributed by atoms with Gasteiger partial charge >= 0.3 is 0 Å². The van der Waals surface area contributed by atoms with Crippen molar-refractivity contribution in [1.29, 1.82) is 0 Å². The molecule has 0 unspecified atom stereocenters. The van der Waals surface area contributed by atoms with Gasteiger partial charge < -0.3 is 11.5 Å². The van der Waals surface area contributed by atoms with Crippen LogP contribution in [0.1, 0.15) is 15.9 Å². The number of primary amides is 1. The van der Waals surface area contributed by atoms with E-state index >= 15 is 0 Å². The van der Waals surface area contributed by atoms with Crippen LogP contribution < -0.4 is 11.5 Å². The molecule has 82 valence electrons. The molecule has 0 saturated heterocycles. The maximum Gasteiger partial charge on any atom is 0.249 e. The summed E-state index contributed by atoms with van der Waals surface area (Å²) in [6.07, 6.45) is 0. The summed E-state index contributed by atoms with van der Waals surface area (Å²) in [6.45, 7) is 1.95. The molecule has 0 saturated carbocycles. The number of aryl methyl sites for hydroxylation is 1. The molecule has 0 atom stereocenters. The van der Waals surface area contributed by atoms with E-state index in [4.69, 9.17) is 11.5 Å². The third-order valence-electron chi connectivity index (χ3n) is 2.46. The second-order valence-corrected chi connectivity index (χ2v) is 4.45. The number of hydrogen-bond donors (Lipinski definition) is 2. The fourth-order valence-electron chi connectivity index (χ4n) is 1.56. The summed E-state index contributed by atoms with van der Waals surface area (Å²) in [4.78, 5) is 12.2. The minimum absolute atomic E-state index is 0.430. The summed E-state index contributed by atoms with van der Waals surface area (Å²) in [5.41, 5.74) is 14.4. The summed E-state index contributed by atoms with van der Waals surface area (Å²) in [7, 11) is 0. The molecule has 1 aromatic heterocycles. The maximum absolute atomic E-state index is 11.3. The summed E-state index contributed by atoms with van der Waals surface area (Å²) >= 11 is 1.53. The van der Waals surface area contributed by atoms with Crippen LogP contribution in [0.4, 0.5) is 5.69 Å². The molecule has 2 rings (SSSR count). The average Bonchev–Trinajstić information content (AvgIpc) is 2.60. The van der Waals surface area contributed by atoms with Crippen molar-refractivity contribution in [3.8, 4) is 10.4 Å². The third-order valence-corrected chi connectivity index (χ3v) is 3.61. The highest BCUT2D eigenvalue weighted by atomic mass is 32.1. The first kappa shape index (κ1) is 10.7. The molecule has 0 aliphatic rings. The Kier molecular flexibility index (Phi) is 2.66. The molecule has 0 aliphatic carbocycles. The van der Waals surface area contributed by atoms with Gasteiger partial charge in [0.1, 0.15) is 0 Å². The van der Waals surface area contributed by atoms with Crippen LogP contribution in [0.25, 0.3) is 10.4 Å². The van der Waals surface area contributed by atoms with E-state index in [2.05, 4.69) is 0 Å². The number of benzene rings is 1. The van der Waals surface area contributed by atoms with Crippen molar-refractivity contribution in [2.75, 3.05) is 5.73 Å². The summed E-state index contributed by atoms with van der Waals surface area (Å²) in [5, 5.41) is 1.97. The predicted octanol–water partition coefficient (Wildman–Crippen LogP) is 2.40. The van der Waals surface area contributed by atoms with Gasteiger partial charge in [-0.25, -0.2) is 0 Å². The number of carbonyl (C=O) groups is 1. The minimum Gasteiger partial charge on any atom is -0.397 e. The molecule has 0 radical (unpaired) electrons. The van der Waals surface area contributed by atoms with Crippen LogP contribution >= 0.6 is 11.3 Å². The first-order valence-corrected chi connectivity index (χ1v) is 5.72. The van der Waals surface area contributed by atoms with Gasteiger partial charge in [-0.2, -0.15) is 0 Å². The molecule has 0 spiro atoms. The highest BCUT2D eigenvalue weighted by Crippen LogP contribution is 2.36. The third kappa shape index (κ3) is 1.67. The molecule has 1 heterocycles. The van der Waals surface area contributed by atoms with Crippen molar-refractivity contribution in [2.24, 2.45) is 5.73 Å². The van der Waals surface area contributed by atoms with Crippen LogP contribution in [0, 0.1) is 6.92 Å². The number of rotatable bonds is 2. The predicted molar refractivity (Wildman–Crippen MR) is 67.4 cm³/mol. The topological polar surface area (TPSA) is 69.1 Å². The number of amides is 1. The normalized spacial score (nSPS) is 10.3. The zero-order valence-electron chi connectivity index (χ0n) is 8.86. The Morgan fingerprint density at radius 3 is 2.56 bits per heavy atom. The second kappa shape index (κ2) is 3.98. The van der Waals surface area contributed by atoms with Gasteiger partial charge in [0.05, 0.1) is 10.6 Å². The molecule has 4 heteroatoms. The number of nitrogen functional groups attached to an aromatic ring is 1. The molecule has 16 heavy (non-hydrogen) atoms. The van der Waals surface area contributed by atoms with Crippen LogP contribution in [0.3, 0.4) is 0 Å². The molecule has 3 nitrogen and oxygen atoms in total. The average molecular weight is 232 g/mol. The van der Waals surface area contributed by atoms with Gasteiger partial charge in [-0.05, 0) is 23.9 Å². The highest BCUT2D eigenvalue weighted by molar-refractivity contribution is 7.14. The van der Waals surface area contributed by atoms with E-state index in [9.17, 15) is 4.79 Å². The molecule has 0 bridgehead atoms. The maximum atomic E-state index is 11.3. The van der Waals surface area contributed by atoms with Crippen LogP contribution in [0.15, 0.2) is 29.6 Å². The molecular formula is C12H12N2OS. The SMILES string of the molecule is Cc1csc(-c2ccccc2C(N)=O)c1N. The minimum atomic E-state index is -0.430. The molecular weight excluding hydrogens is 220 g/mol. The first-order chi connectivity index (χ1) is 7.61. The Labute approximate surface area is 97.7 Å². The number of carbonyl (C=O) groups excluding carboxylic acids is 1. The molecule has 4 N–H and O–H groups in total. The van der Waals surface area contributed by atoms with E-state index in [0.29, 0.717) is 5.56 Å². The lowest BCUT2D eigenvalue weighted by Gasteiger charge is -2.05. The quantitative estimate of drug-likeness (QED) is 0.834. The van der Waals surface area contributed by atoms with Crippen molar-refractivity contribution in [3.63, 3.8) is 0 Å². The van der Waals surface area contributed by atoms with Gasteiger partial charge in [0, 0.05) is 11.1 Å². The Balaban J connectivity index is 2.64. The molecule has 0 aliphatic heterocycles. The summed E-state index contributed by atoms with van der Waals surface area (Å²) in [5.74, 6) is -0.430. The van der Waals surface area contributed by atoms with Gasteiger partial charge in [0.2, 0.25) is 5.91 Å². The number of anilines is 1. The Bertz CT molecular complexity index is 546. The van der Waals surface area contributed by atoms with E-state index in [0.717, 1.165) is 21.7 Å². The van der Waals surface area contributed by atoms with Gasteiger partial charge in [-0.1, -0.05) is 18.2 Å². The number of hydrogen-bond acceptors (Lipinski definition) is 3. The smallest absolute Gasteiger partial charge is 0.249 e. The van der Waals surface area contributed by atoms with Crippen molar-refractivity contribution in [3.05, 3.63) is 40.8 Å². The molecule has 1 amide bonds. The van der Waals surface area contributed by atoms with Gasteiger partial charge in [0.25, 0.3) is 0 Å². The van der Waals surface area contributed by atoms with Crippen LogP contribution in [0.2, 0.25) is 0 Å². The lowest BCUT2D eigenvalue weighted by molar-refractivity contribution is 0.100. The van der Waals surface area contributed by atoms with Crippen molar-refractivity contribution in [2.45, 2.75) is 6.92 Å². The fraction of sp³-hybridized carbons (Fsp3) is 0.0833. The standard InChI is InChI=1S/C12H12N2OS/c1-7-6-16-11(10(7)13)8-4-2-3-5-9(8)12(14)15/h2-6H,13H2,1H3,(H2,14,15). The lowest BCUT2D eigenvalue weighted by Crippen LogP contribution is -2.12. The largest absolute Gasteiger partial charge is 0.397 e. The van der Waals surface area contributed by atoms with Crippen LogP contribution in [0.5, 0.6) is 0 Å². The fourth-order valence-corrected chi connectivity index (χ4v) is 2.57. The number of nitrogens with two attached hydrogens (primary N) is 2. The highest BCUT2D eigenvalue weighted by Gasteiger charge is 2.13. The van der Waals surface area contributed by atoms with E-state index in [1.165, 1.54) is 11.3 Å². The Hall–Kier alpha value is -1.81. The zero-order valence-corrected chi connectivity index (χ0v) is 9.67. The van der Waals surface area contributed by atoms with E-state index in [1.807, 2.05) is 24.4 Å². The van der Waals surface area contributed by atoms with Gasteiger partial charge in [-0.3, -0.25) is 4.79 Å². The van der Waals surface area contributed by atoms with E-state index in [1.54, 1.807) is 12.1 Å². The Morgan fingerprint density at radius 1 is 1.31 bits per heavy atom. The first-order valence-electron chi connectivity index (χ1n) is 4.84. The Morgan fingerprint density at radius 2 is 2.00 bits per heavy atom. The monoisotopic (exact) mass is 232 g/mol. The van der Waals surface area contributed by atoms with Crippen molar-refractivity contribution < 1.29 is 4.79 Å². The molecule has 1 aromatic carbocycles. The second-order valence-electron chi connectivity index (χ2n) is 3.57. The van der Waals surface area contributed by atoms with Gasteiger partial charge in [0.15, 0.2) is 0 Å². The molecule has 0 fully saturated rings. The van der Waals surface area contributed by atoms with Crippen molar-refractivity contribution in [1.82, 2.24) is 0 Å². The molecule has 2 aromatic rings. The van der Waals surface area contributed by atoms with Gasteiger partial charge in [-0.15, -0.1) is 11.3 Å². The van der Waals surface area contributed by atoms with Crippen LogP contribution in [-0.4, -0.2) is 5.91 Å². The van der Waals surface area contributed by atoms with E-state index in [-0.39, 0.29) is 0 Å². The van der Waals surface area contributed by atoms with Crippen LogP contribution in [-0.2, 0) is 0 Å².